The van der Waals surface area contributed by atoms with Crippen molar-refractivity contribution in [2.75, 3.05) is 6.79 Å². The number of hydrogen-bond donors (Lipinski definition) is 2. The molecule has 6 nitrogen and oxygen atoms in total. The fourth-order valence-electron chi connectivity index (χ4n) is 1.94. The zero-order valence-corrected chi connectivity index (χ0v) is 11.2. The van der Waals surface area contributed by atoms with Crippen molar-refractivity contribution in [3.63, 3.8) is 0 Å². The van der Waals surface area contributed by atoms with Crippen LogP contribution in [0.25, 0.3) is 0 Å². The number of fused-ring (bicyclic) bond motifs is 1. The van der Waals surface area contributed by atoms with Gasteiger partial charge in [-0.25, -0.2) is 4.79 Å². The number of carbonyl (C=O) groups excluding carboxylic acids is 1. The summed E-state index contributed by atoms with van der Waals surface area (Å²) in [5.74, 6) is -0.361. The molecule has 0 fully saturated rings. The summed E-state index contributed by atoms with van der Waals surface area (Å²) in [5.41, 5.74) is 0.358. The van der Waals surface area contributed by atoms with Crippen LogP contribution in [0.2, 0.25) is 0 Å². The molecule has 1 aromatic rings. The quantitative estimate of drug-likeness (QED) is 0.829. The van der Waals surface area contributed by atoms with Crippen molar-refractivity contribution in [3.05, 3.63) is 23.8 Å². The van der Waals surface area contributed by atoms with E-state index >= 15 is 0 Å². The van der Waals surface area contributed by atoms with Crippen LogP contribution < -0.4 is 14.8 Å². The van der Waals surface area contributed by atoms with Crippen molar-refractivity contribution in [1.82, 2.24) is 5.32 Å². The van der Waals surface area contributed by atoms with E-state index in [1.54, 1.807) is 18.2 Å². The maximum Gasteiger partial charge on any atom is 0.326 e. The fraction of sp³-hybridized carbons (Fsp3) is 0.429. The zero-order chi connectivity index (χ0) is 14.5. The van der Waals surface area contributed by atoms with Crippen LogP contribution in [-0.2, 0) is 4.79 Å². The average molecular weight is 279 g/mol. The van der Waals surface area contributed by atoms with Crippen LogP contribution in [0.4, 0.5) is 0 Å². The van der Waals surface area contributed by atoms with Gasteiger partial charge in [0.25, 0.3) is 5.91 Å². The molecule has 0 aliphatic carbocycles. The molecule has 0 bridgehead atoms. The second kappa shape index (κ2) is 6.27. The Kier molecular flexibility index (Phi) is 4.45. The summed E-state index contributed by atoms with van der Waals surface area (Å²) in [6.45, 7) is 2.10. The smallest absolute Gasteiger partial charge is 0.326 e. The summed E-state index contributed by atoms with van der Waals surface area (Å²) in [6, 6.07) is 3.91. The van der Waals surface area contributed by atoms with Crippen molar-refractivity contribution in [3.8, 4) is 11.5 Å². The number of carbonyl (C=O) groups is 2. The lowest BCUT2D eigenvalue weighted by atomic mass is 10.1. The Hall–Kier alpha value is -2.24. The SMILES string of the molecule is CCCC[C@H](NC(=O)c1ccc2c(c1)OCO2)C(=O)O. The highest BCUT2D eigenvalue weighted by molar-refractivity contribution is 5.97. The molecule has 0 unspecified atom stereocenters. The van der Waals surface area contributed by atoms with Crippen LogP contribution in [-0.4, -0.2) is 29.8 Å². The third-order valence-electron chi connectivity index (χ3n) is 3.08. The average Bonchev–Trinajstić information content (AvgIpc) is 2.90. The number of aliphatic carboxylic acids is 1. The Morgan fingerprint density at radius 3 is 2.80 bits per heavy atom. The molecule has 1 amide bonds. The minimum absolute atomic E-state index is 0.134. The monoisotopic (exact) mass is 279 g/mol. The van der Waals surface area contributed by atoms with E-state index in [2.05, 4.69) is 5.32 Å². The first kappa shape index (κ1) is 14.2. The molecule has 0 radical (unpaired) electrons. The van der Waals surface area contributed by atoms with E-state index in [1.165, 1.54) is 0 Å². The number of ether oxygens (including phenoxy) is 2. The van der Waals surface area contributed by atoms with Crippen molar-refractivity contribution >= 4 is 11.9 Å². The summed E-state index contributed by atoms with van der Waals surface area (Å²) in [5, 5.41) is 11.6. The molecule has 1 atom stereocenters. The van der Waals surface area contributed by atoms with Gasteiger partial charge in [0.2, 0.25) is 6.79 Å². The summed E-state index contributed by atoms with van der Waals surface area (Å²) >= 11 is 0. The van der Waals surface area contributed by atoms with E-state index in [0.29, 0.717) is 23.5 Å². The summed E-state index contributed by atoms with van der Waals surface area (Å²) in [6.07, 6.45) is 2.05. The number of carboxylic acid groups (broad SMARTS) is 1. The number of benzene rings is 1. The molecule has 0 saturated carbocycles. The summed E-state index contributed by atoms with van der Waals surface area (Å²) in [7, 11) is 0. The molecule has 1 heterocycles. The number of nitrogens with one attached hydrogen (secondary N) is 1. The molecule has 20 heavy (non-hydrogen) atoms. The van der Waals surface area contributed by atoms with Gasteiger partial charge < -0.3 is 19.9 Å². The van der Waals surface area contributed by atoms with Crippen molar-refractivity contribution in [2.45, 2.75) is 32.2 Å². The number of unbranched alkanes of at least 4 members (excludes halogenated alkanes) is 1. The first-order valence-electron chi connectivity index (χ1n) is 6.55. The van der Waals surface area contributed by atoms with Gasteiger partial charge in [-0.3, -0.25) is 4.79 Å². The Morgan fingerprint density at radius 1 is 1.35 bits per heavy atom. The highest BCUT2D eigenvalue weighted by Gasteiger charge is 2.21. The Labute approximate surface area is 116 Å². The maximum absolute atomic E-state index is 12.1. The second-order valence-corrected chi connectivity index (χ2v) is 4.57. The second-order valence-electron chi connectivity index (χ2n) is 4.57. The van der Waals surface area contributed by atoms with E-state index in [4.69, 9.17) is 14.6 Å². The normalized spacial score (nSPS) is 13.8. The molecule has 1 aliphatic rings. The van der Waals surface area contributed by atoms with Gasteiger partial charge in [0.15, 0.2) is 11.5 Å². The van der Waals surface area contributed by atoms with Gasteiger partial charge in [-0.2, -0.15) is 0 Å². The first-order valence-corrected chi connectivity index (χ1v) is 6.55. The Balaban J connectivity index is 2.04. The van der Waals surface area contributed by atoms with Gasteiger partial charge in [0, 0.05) is 5.56 Å². The molecule has 1 aliphatic heterocycles. The molecule has 6 heteroatoms. The van der Waals surface area contributed by atoms with Gasteiger partial charge in [-0.05, 0) is 24.6 Å². The molecular weight excluding hydrogens is 262 g/mol. The molecule has 2 N–H and O–H groups in total. The number of carboxylic acids is 1. The maximum atomic E-state index is 12.1. The topological polar surface area (TPSA) is 84.9 Å². The minimum Gasteiger partial charge on any atom is -0.480 e. The highest BCUT2D eigenvalue weighted by atomic mass is 16.7. The van der Waals surface area contributed by atoms with Gasteiger partial charge in [0.05, 0.1) is 0 Å². The lowest BCUT2D eigenvalue weighted by Gasteiger charge is -2.14. The standard InChI is InChI=1S/C14H17NO5/c1-2-3-4-10(14(17)18)15-13(16)9-5-6-11-12(7-9)20-8-19-11/h5-7,10H,2-4,8H2,1H3,(H,15,16)(H,17,18)/t10-/m0/s1. The fourth-order valence-corrected chi connectivity index (χ4v) is 1.94. The summed E-state index contributed by atoms with van der Waals surface area (Å²) in [4.78, 5) is 23.2. The van der Waals surface area contributed by atoms with Crippen LogP contribution in [0.15, 0.2) is 18.2 Å². The molecular formula is C14H17NO5. The largest absolute Gasteiger partial charge is 0.480 e. The van der Waals surface area contributed by atoms with Gasteiger partial charge >= 0.3 is 5.97 Å². The third kappa shape index (κ3) is 3.20. The summed E-state index contributed by atoms with van der Waals surface area (Å²) < 4.78 is 10.3. The molecule has 0 spiro atoms. The molecule has 1 aromatic carbocycles. The van der Waals surface area contributed by atoms with E-state index in [1.807, 2.05) is 6.92 Å². The number of amides is 1. The lowest BCUT2D eigenvalue weighted by Crippen LogP contribution is -2.40. The third-order valence-corrected chi connectivity index (χ3v) is 3.08. The van der Waals surface area contributed by atoms with Crippen molar-refractivity contribution < 1.29 is 24.2 Å². The van der Waals surface area contributed by atoms with Crippen LogP contribution in [0.1, 0.15) is 36.5 Å². The highest BCUT2D eigenvalue weighted by Crippen LogP contribution is 2.32. The van der Waals surface area contributed by atoms with Crippen LogP contribution in [0.3, 0.4) is 0 Å². The first-order chi connectivity index (χ1) is 9.61. The molecule has 108 valence electrons. The number of hydrogen-bond acceptors (Lipinski definition) is 4. The number of rotatable bonds is 6. The Morgan fingerprint density at radius 2 is 2.10 bits per heavy atom. The minimum atomic E-state index is -1.02. The predicted octanol–water partition coefficient (Wildman–Crippen LogP) is 1.79. The van der Waals surface area contributed by atoms with Gasteiger partial charge in [0.1, 0.15) is 6.04 Å². The predicted molar refractivity (Wildman–Crippen MR) is 71.0 cm³/mol. The van der Waals surface area contributed by atoms with Crippen molar-refractivity contribution in [2.24, 2.45) is 0 Å². The van der Waals surface area contributed by atoms with Crippen LogP contribution in [0, 0.1) is 0 Å². The van der Waals surface area contributed by atoms with E-state index < -0.39 is 17.9 Å². The van der Waals surface area contributed by atoms with Crippen LogP contribution in [0.5, 0.6) is 11.5 Å². The van der Waals surface area contributed by atoms with E-state index in [-0.39, 0.29) is 6.79 Å². The molecule has 0 saturated heterocycles. The van der Waals surface area contributed by atoms with Crippen molar-refractivity contribution in [1.29, 1.82) is 0 Å². The Bertz CT molecular complexity index is 514. The molecule has 0 aromatic heterocycles. The zero-order valence-electron chi connectivity index (χ0n) is 11.2. The van der Waals surface area contributed by atoms with Crippen LogP contribution >= 0.6 is 0 Å². The molecule has 2 rings (SSSR count). The van der Waals surface area contributed by atoms with Gasteiger partial charge in [-0.15, -0.1) is 0 Å². The van der Waals surface area contributed by atoms with E-state index in [9.17, 15) is 9.59 Å². The van der Waals surface area contributed by atoms with Gasteiger partial charge in [-0.1, -0.05) is 19.8 Å². The van der Waals surface area contributed by atoms with E-state index in [0.717, 1.165) is 12.8 Å². The lowest BCUT2D eigenvalue weighted by molar-refractivity contribution is -0.139.